The van der Waals surface area contributed by atoms with Crippen molar-refractivity contribution in [3.05, 3.63) is 59.7 Å². The summed E-state index contributed by atoms with van der Waals surface area (Å²) >= 11 is 0. The molecule has 0 aliphatic heterocycles. The second-order valence-corrected chi connectivity index (χ2v) is 5.55. The molecule has 0 unspecified atom stereocenters. The van der Waals surface area contributed by atoms with Crippen LogP contribution in [0.2, 0.25) is 0 Å². The van der Waals surface area contributed by atoms with Gasteiger partial charge in [-0.15, -0.1) is 0 Å². The lowest BCUT2D eigenvalue weighted by molar-refractivity contribution is -0.115. The molecule has 0 atom stereocenters. The number of phenols is 1. The summed E-state index contributed by atoms with van der Waals surface area (Å²) in [6.45, 7) is 2.20. The molecule has 3 nitrogen and oxygen atoms in total. The van der Waals surface area contributed by atoms with Crippen LogP contribution in [-0.4, -0.2) is 11.0 Å². The number of nitrogens with one attached hydrogen (secondary N) is 1. The Balaban J connectivity index is 1.86. The molecule has 116 valence electrons. The minimum atomic E-state index is -0.0793. The lowest BCUT2D eigenvalue weighted by atomic mass is 10.0. The molecule has 0 radical (unpaired) electrons. The van der Waals surface area contributed by atoms with Crippen molar-refractivity contribution >= 4 is 11.6 Å². The summed E-state index contributed by atoms with van der Waals surface area (Å²) in [7, 11) is 0. The number of carbonyl (C=O) groups is 1. The summed E-state index contributed by atoms with van der Waals surface area (Å²) in [4.78, 5) is 12.0. The number of rotatable bonds is 7. The predicted octanol–water partition coefficient (Wildman–Crippen LogP) is 4.31. The van der Waals surface area contributed by atoms with Gasteiger partial charge in [-0.1, -0.05) is 50.1 Å². The maximum absolute atomic E-state index is 12.0. The van der Waals surface area contributed by atoms with Crippen molar-refractivity contribution in [3.63, 3.8) is 0 Å². The molecule has 0 heterocycles. The zero-order valence-corrected chi connectivity index (χ0v) is 13.0. The van der Waals surface area contributed by atoms with Gasteiger partial charge >= 0.3 is 0 Å². The molecule has 22 heavy (non-hydrogen) atoms. The Bertz CT molecular complexity index is 605. The third-order valence-corrected chi connectivity index (χ3v) is 3.59. The molecule has 0 saturated heterocycles. The quantitative estimate of drug-likeness (QED) is 0.748. The second kappa shape index (κ2) is 8.23. The molecule has 2 aromatic carbocycles. The zero-order chi connectivity index (χ0) is 15.8. The van der Waals surface area contributed by atoms with Gasteiger partial charge in [-0.25, -0.2) is 0 Å². The lowest BCUT2D eigenvalue weighted by Crippen LogP contribution is -2.14. The summed E-state index contributed by atoms with van der Waals surface area (Å²) in [5.41, 5.74) is 2.93. The Kier molecular flexibility index (Phi) is 6.01. The van der Waals surface area contributed by atoms with Gasteiger partial charge in [-0.05, 0) is 36.1 Å². The van der Waals surface area contributed by atoms with Gasteiger partial charge in [0.05, 0.1) is 6.42 Å². The highest BCUT2D eigenvalue weighted by molar-refractivity contribution is 5.92. The first-order valence-electron chi connectivity index (χ1n) is 7.84. The van der Waals surface area contributed by atoms with Crippen molar-refractivity contribution in [3.8, 4) is 5.75 Å². The van der Waals surface area contributed by atoms with E-state index in [4.69, 9.17) is 0 Å². The van der Waals surface area contributed by atoms with Crippen molar-refractivity contribution in [2.24, 2.45) is 0 Å². The maximum Gasteiger partial charge on any atom is 0.228 e. The van der Waals surface area contributed by atoms with Crippen molar-refractivity contribution < 1.29 is 9.90 Å². The first-order chi connectivity index (χ1) is 10.7. The molecular weight excluding hydrogens is 274 g/mol. The van der Waals surface area contributed by atoms with Gasteiger partial charge in [0, 0.05) is 11.8 Å². The largest absolute Gasteiger partial charge is 0.508 e. The van der Waals surface area contributed by atoms with Gasteiger partial charge in [-0.2, -0.15) is 0 Å². The second-order valence-electron chi connectivity index (χ2n) is 5.55. The number of anilines is 1. The predicted molar refractivity (Wildman–Crippen MR) is 90.1 cm³/mol. The summed E-state index contributed by atoms with van der Waals surface area (Å²) in [5.74, 6) is 0.0681. The number of benzene rings is 2. The molecule has 0 fully saturated rings. The average molecular weight is 297 g/mol. The molecule has 0 saturated carbocycles. The maximum atomic E-state index is 12.0. The Morgan fingerprint density at radius 1 is 1.05 bits per heavy atom. The first kappa shape index (κ1) is 16.1. The highest BCUT2D eigenvalue weighted by Gasteiger charge is 2.05. The third-order valence-electron chi connectivity index (χ3n) is 3.59. The Morgan fingerprint density at radius 3 is 2.45 bits per heavy atom. The highest BCUT2D eigenvalue weighted by atomic mass is 16.3. The van der Waals surface area contributed by atoms with E-state index in [9.17, 15) is 9.90 Å². The lowest BCUT2D eigenvalue weighted by Gasteiger charge is -2.07. The molecular formula is C19H23NO2. The van der Waals surface area contributed by atoms with Crippen LogP contribution in [0, 0.1) is 0 Å². The summed E-state index contributed by atoms with van der Waals surface area (Å²) in [6.07, 6.45) is 5.14. The van der Waals surface area contributed by atoms with E-state index in [0.717, 1.165) is 12.0 Å². The molecule has 2 aromatic rings. The van der Waals surface area contributed by atoms with Crippen LogP contribution in [0.3, 0.4) is 0 Å². The standard InChI is InChI=1S/C19H23NO2/c1-2-3-4-6-15-9-11-16(12-10-15)13-19(22)20-17-7-5-8-18(21)14-17/h5,7-12,14,21H,2-4,6,13H2,1H3,(H,20,22). The third kappa shape index (κ3) is 5.24. The minimum absolute atomic E-state index is 0.0793. The first-order valence-corrected chi connectivity index (χ1v) is 7.84. The van der Waals surface area contributed by atoms with Crippen LogP contribution in [0.1, 0.15) is 37.3 Å². The number of carbonyl (C=O) groups excluding carboxylic acids is 1. The van der Waals surface area contributed by atoms with E-state index in [2.05, 4.69) is 24.4 Å². The van der Waals surface area contributed by atoms with Gasteiger partial charge in [0.15, 0.2) is 0 Å². The van der Waals surface area contributed by atoms with Gasteiger partial charge in [0.1, 0.15) is 5.75 Å². The SMILES string of the molecule is CCCCCc1ccc(CC(=O)Nc2cccc(O)c2)cc1. The van der Waals surface area contributed by atoms with E-state index >= 15 is 0 Å². The smallest absolute Gasteiger partial charge is 0.228 e. The van der Waals surface area contributed by atoms with Crippen LogP contribution in [0.4, 0.5) is 5.69 Å². The number of aromatic hydroxyl groups is 1. The van der Waals surface area contributed by atoms with E-state index in [-0.39, 0.29) is 11.7 Å². The van der Waals surface area contributed by atoms with Crippen molar-refractivity contribution in [1.29, 1.82) is 0 Å². The van der Waals surface area contributed by atoms with Crippen molar-refractivity contribution in [2.45, 2.75) is 39.0 Å². The molecule has 2 N–H and O–H groups in total. The summed E-state index contributed by atoms with van der Waals surface area (Å²) < 4.78 is 0. The highest BCUT2D eigenvalue weighted by Crippen LogP contribution is 2.16. The van der Waals surface area contributed by atoms with E-state index in [1.54, 1.807) is 18.2 Å². The number of unbranched alkanes of at least 4 members (excludes halogenated alkanes) is 2. The zero-order valence-electron chi connectivity index (χ0n) is 13.0. The van der Waals surface area contributed by atoms with Crippen LogP contribution in [0.15, 0.2) is 48.5 Å². The van der Waals surface area contributed by atoms with E-state index in [1.165, 1.54) is 30.9 Å². The van der Waals surface area contributed by atoms with Gasteiger partial charge in [0.2, 0.25) is 5.91 Å². The fraction of sp³-hybridized carbons (Fsp3) is 0.316. The number of hydrogen-bond donors (Lipinski definition) is 2. The fourth-order valence-electron chi connectivity index (χ4n) is 2.38. The molecule has 0 spiro atoms. The van der Waals surface area contributed by atoms with Crippen LogP contribution < -0.4 is 5.32 Å². The monoisotopic (exact) mass is 297 g/mol. The summed E-state index contributed by atoms with van der Waals surface area (Å²) in [5, 5.41) is 12.2. The normalized spacial score (nSPS) is 10.4. The molecule has 2 rings (SSSR count). The molecule has 0 aromatic heterocycles. The topological polar surface area (TPSA) is 49.3 Å². The Morgan fingerprint density at radius 2 is 1.77 bits per heavy atom. The number of amides is 1. The van der Waals surface area contributed by atoms with Crippen molar-refractivity contribution in [2.75, 3.05) is 5.32 Å². The van der Waals surface area contributed by atoms with Crippen molar-refractivity contribution in [1.82, 2.24) is 0 Å². The van der Waals surface area contributed by atoms with Gasteiger partial charge in [0.25, 0.3) is 0 Å². The van der Waals surface area contributed by atoms with Crippen LogP contribution in [-0.2, 0) is 17.6 Å². The van der Waals surface area contributed by atoms with Crippen LogP contribution in [0.5, 0.6) is 5.75 Å². The number of phenolic OH excluding ortho intramolecular Hbond substituents is 1. The molecule has 3 heteroatoms. The summed E-state index contributed by atoms with van der Waals surface area (Å²) in [6, 6.07) is 14.8. The average Bonchev–Trinajstić information content (AvgIpc) is 2.49. The Hall–Kier alpha value is -2.29. The van der Waals surface area contributed by atoms with E-state index < -0.39 is 0 Å². The van der Waals surface area contributed by atoms with Crippen LogP contribution in [0.25, 0.3) is 0 Å². The fourth-order valence-corrected chi connectivity index (χ4v) is 2.38. The molecule has 0 aliphatic carbocycles. The number of aryl methyl sites for hydroxylation is 1. The molecule has 1 amide bonds. The van der Waals surface area contributed by atoms with Gasteiger partial charge in [-0.3, -0.25) is 4.79 Å². The van der Waals surface area contributed by atoms with E-state index in [1.807, 2.05) is 12.1 Å². The minimum Gasteiger partial charge on any atom is -0.508 e. The number of hydrogen-bond acceptors (Lipinski definition) is 2. The molecule has 0 aliphatic rings. The molecule has 0 bridgehead atoms. The Labute approximate surface area is 132 Å². The van der Waals surface area contributed by atoms with Gasteiger partial charge < -0.3 is 10.4 Å². The van der Waals surface area contributed by atoms with E-state index in [0.29, 0.717) is 12.1 Å². The van der Waals surface area contributed by atoms with Crippen LogP contribution >= 0.6 is 0 Å².